The van der Waals surface area contributed by atoms with E-state index in [9.17, 15) is 19.2 Å². The summed E-state index contributed by atoms with van der Waals surface area (Å²) in [6, 6.07) is 9.29. The number of furan rings is 1. The van der Waals surface area contributed by atoms with Gasteiger partial charge in [-0.1, -0.05) is 18.2 Å². The third-order valence-electron chi connectivity index (χ3n) is 4.25. The van der Waals surface area contributed by atoms with E-state index in [1.165, 1.54) is 20.2 Å². The molecule has 3 rings (SSSR count). The summed E-state index contributed by atoms with van der Waals surface area (Å²) in [5, 5.41) is 0. The molecule has 8 nitrogen and oxygen atoms in total. The Hall–Kier alpha value is -3.68. The van der Waals surface area contributed by atoms with Crippen LogP contribution in [0.5, 0.6) is 0 Å². The number of nitrogens with zero attached hydrogens (tertiary/aromatic N) is 2. The van der Waals surface area contributed by atoms with Crippen molar-refractivity contribution in [2.24, 2.45) is 0 Å². The van der Waals surface area contributed by atoms with Gasteiger partial charge in [-0.2, -0.15) is 0 Å². The summed E-state index contributed by atoms with van der Waals surface area (Å²) in [4.78, 5) is 50.2. The van der Waals surface area contributed by atoms with Crippen molar-refractivity contribution in [3.05, 3.63) is 53.3 Å². The number of hydrogen-bond donors (Lipinski definition) is 0. The van der Waals surface area contributed by atoms with E-state index in [1.807, 2.05) is 0 Å². The van der Waals surface area contributed by atoms with E-state index in [0.29, 0.717) is 16.9 Å². The first kappa shape index (κ1) is 19.1. The molecule has 2 heterocycles. The molecule has 0 atom stereocenters. The Morgan fingerprint density at radius 2 is 1.68 bits per heavy atom. The maximum atomic E-state index is 12.3. The fraction of sp³-hybridized carbons (Fsp3) is 0.200. The van der Waals surface area contributed by atoms with Crippen LogP contribution < -0.4 is 0 Å². The van der Waals surface area contributed by atoms with E-state index >= 15 is 0 Å². The number of imide groups is 2. The van der Waals surface area contributed by atoms with Crippen molar-refractivity contribution in [1.82, 2.24) is 9.80 Å². The third-order valence-corrected chi connectivity index (χ3v) is 4.25. The number of barbiturate groups is 1. The Labute approximate surface area is 161 Å². The van der Waals surface area contributed by atoms with Crippen molar-refractivity contribution in [2.45, 2.75) is 6.92 Å². The first-order valence-corrected chi connectivity index (χ1v) is 8.53. The van der Waals surface area contributed by atoms with Gasteiger partial charge in [0.25, 0.3) is 11.8 Å². The molecule has 4 amide bonds. The summed E-state index contributed by atoms with van der Waals surface area (Å²) in [6.07, 6.45) is 1.28. The standard InChI is InChI=1S/C20H18N2O6/c1-4-27-19(25)14-8-6-5-7-13(14)16-10-9-12(28-16)11-15-17(23)21(2)20(26)22(3)18(15)24/h5-11H,4H2,1-3H3. The van der Waals surface area contributed by atoms with Gasteiger partial charge in [-0.05, 0) is 31.2 Å². The van der Waals surface area contributed by atoms with E-state index in [-0.39, 0.29) is 17.9 Å². The van der Waals surface area contributed by atoms with Gasteiger partial charge in [0.1, 0.15) is 17.1 Å². The maximum absolute atomic E-state index is 12.3. The van der Waals surface area contributed by atoms with Crippen LogP contribution in [0.2, 0.25) is 0 Å². The lowest BCUT2D eigenvalue weighted by molar-refractivity contribution is -0.134. The second kappa shape index (κ2) is 7.51. The quantitative estimate of drug-likeness (QED) is 0.458. The van der Waals surface area contributed by atoms with Crippen molar-refractivity contribution < 1.29 is 28.3 Å². The van der Waals surface area contributed by atoms with Crippen molar-refractivity contribution in [2.75, 3.05) is 20.7 Å². The molecule has 28 heavy (non-hydrogen) atoms. The second-order valence-corrected chi connectivity index (χ2v) is 6.04. The van der Waals surface area contributed by atoms with E-state index in [1.54, 1.807) is 43.3 Å². The highest BCUT2D eigenvalue weighted by atomic mass is 16.5. The van der Waals surface area contributed by atoms with Gasteiger partial charge < -0.3 is 9.15 Å². The van der Waals surface area contributed by atoms with Crippen LogP contribution in [0.1, 0.15) is 23.0 Å². The molecule has 0 radical (unpaired) electrons. The van der Waals surface area contributed by atoms with Gasteiger partial charge in [0.2, 0.25) is 0 Å². The van der Waals surface area contributed by atoms with Crippen LogP contribution >= 0.6 is 0 Å². The topological polar surface area (TPSA) is 97.1 Å². The molecule has 1 aromatic carbocycles. The van der Waals surface area contributed by atoms with Gasteiger partial charge >= 0.3 is 12.0 Å². The smallest absolute Gasteiger partial charge is 0.338 e. The minimum atomic E-state index is -0.710. The minimum absolute atomic E-state index is 0.191. The zero-order valence-electron chi connectivity index (χ0n) is 15.6. The molecule has 0 aliphatic carbocycles. The normalized spacial score (nSPS) is 14.5. The maximum Gasteiger partial charge on any atom is 0.338 e. The van der Waals surface area contributed by atoms with Crippen LogP contribution in [0.15, 0.2) is 46.4 Å². The fourth-order valence-electron chi connectivity index (χ4n) is 2.78. The average Bonchev–Trinajstić information content (AvgIpc) is 3.17. The Kier molecular flexibility index (Phi) is 5.12. The monoisotopic (exact) mass is 382 g/mol. The fourth-order valence-corrected chi connectivity index (χ4v) is 2.78. The lowest BCUT2D eigenvalue weighted by atomic mass is 10.1. The number of rotatable bonds is 4. The predicted molar refractivity (Wildman–Crippen MR) is 99.0 cm³/mol. The van der Waals surface area contributed by atoms with E-state index in [0.717, 1.165) is 9.80 Å². The van der Waals surface area contributed by atoms with Gasteiger partial charge in [0, 0.05) is 19.7 Å². The molecule has 1 aromatic heterocycles. The zero-order chi connectivity index (χ0) is 20.4. The highest BCUT2D eigenvalue weighted by Gasteiger charge is 2.38. The van der Waals surface area contributed by atoms with Gasteiger partial charge in [0.05, 0.1) is 12.2 Å². The summed E-state index contributed by atoms with van der Waals surface area (Å²) in [6.45, 7) is 1.96. The van der Waals surface area contributed by atoms with Crippen molar-refractivity contribution in [3.63, 3.8) is 0 Å². The van der Waals surface area contributed by atoms with Gasteiger partial charge in [-0.25, -0.2) is 9.59 Å². The highest BCUT2D eigenvalue weighted by Crippen LogP contribution is 2.28. The van der Waals surface area contributed by atoms with Crippen molar-refractivity contribution in [1.29, 1.82) is 0 Å². The third kappa shape index (κ3) is 3.32. The van der Waals surface area contributed by atoms with Crippen molar-refractivity contribution in [3.8, 4) is 11.3 Å². The molecule has 0 unspecified atom stereocenters. The number of likely N-dealkylation sites (N-methyl/N-ethyl adjacent to an activating group) is 2. The number of benzene rings is 1. The molecule has 0 N–H and O–H groups in total. The predicted octanol–water partition coefficient (Wildman–Crippen LogP) is 2.56. The van der Waals surface area contributed by atoms with E-state index in [4.69, 9.17) is 9.15 Å². The van der Waals surface area contributed by atoms with Gasteiger partial charge in [-0.15, -0.1) is 0 Å². The minimum Gasteiger partial charge on any atom is -0.462 e. The number of urea groups is 1. The van der Waals surface area contributed by atoms with Crippen molar-refractivity contribution >= 4 is 29.9 Å². The molecular formula is C20H18N2O6. The SMILES string of the molecule is CCOC(=O)c1ccccc1-c1ccc(C=C2C(=O)N(C)C(=O)N(C)C2=O)o1. The summed E-state index contributed by atoms with van der Waals surface area (Å²) >= 11 is 0. The van der Waals surface area contributed by atoms with Crippen LogP contribution in [0.3, 0.4) is 0 Å². The highest BCUT2D eigenvalue weighted by molar-refractivity contribution is 6.30. The zero-order valence-corrected chi connectivity index (χ0v) is 15.6. The summed E-state index contributed by atoms with van der Waals surface area (Å²) in [5.41, 5.74) is 0.674. The summed E-state index contributed by atoms with van der Waals surface area (Å²) < 4.78 is 10.8. The average molecular weight is 382 g/mol. The number of hydrogen-bond acceptors (Lipinski definition) is 6. The van der Waals surface area contributed by atoms with Gasteiger partial charge in [0.15, 0.2) is 0 Å². The molecule has 0 saturated carbocycles. The number of esters is 1. The molecule has 1 aliphatic heterocycles. The summed E-state index contributed by atoms with van der Waals surface area (Å²) in [7, 11) is 2.59. The Morgan fingerprint density at radius 1 is 1.04 bits per heavy atom. The Morgan fingerprint density at radius 3 is 2.32 bits per heavy atom. The second-order valence-electron chi connectivity index (χ2n) is 6.04. The molecule has 2 aromatic rings. The number of ether oxygens (including phenoxy) is 1. The Bertz CT molecular complexity index is 978. The molecule has 0 bridgehead atoms. The van der Waals surface area contributed by atoms with Crippen LogP contribution in [-0.2, 0) is 14.3 Å². The molecule has 8 heteroatoms. The van der Waals surface area contributed by atoms with Crippen LogP contribution in [0, 0.1) is 0 Å². The molecule has 144 valence electrons. The first-order valence-electron chi connectivity index (χ1n) is 8.53. The molecule has 1 saturated heterocycles. The lowest BCUT2D eigenvalue weighted by Crippen LogP contribution is -2.52. The number of amides is 4. The lowest BCUT2D eigenvalue weighted by Gasteiger charge is -2.28. The van der Waals surface area contributed by atoms with E-state index in [2.05, 4.69) is 0 Å². The van der Waals surface area contributed by atoms with Crippen LogP contribution in [0.25, 0.3) is 17.4 Å². The number of carbonyl (C=O) groups excluding carboxylic acids is 4. The largest absolute Gasteiger partial charge is 0.462 e. The van der Waals surface area contributed by atoms with Crippen LogP contribution in [0.4, 0.5) is 4.79 Å². The van der Waals surface area contributed by atoms with E-state index < -0.39 is 23.8 Å². The molecular weight excluding hydrogens is 364 g/mol. The van der Waals surface area contributed by atoms with Crippen LogP contribution in [-0.4, -0.2) is 54.3 Å². The molecule has 1 aliphatic rings. The molecule has 1 fully saturated rings. The number of carbonyl (C=O) groups is 4. The Balaban J connectivity index is 1.97. The first-order chi connectivity index (χ1) is 13.3. The van der Waals surface area contributed by atoms with Gasteiger partial charge in [-0.3, -0.25) is 19.4 Å². The molecule has 0 spiro atoms. The summed E-state index contributed by atoms with van der Waals surface area (Å²) in [5.74, 6) is -1.28.